The van der Waals surface area contributed by atoms with Crippen molar-refractivity contribution in [2.45, 2.75) is 32.2 Å². The molecule has 1 atom stereocenters. The Morgan fingerprint density at radius 3 is 3.07 bits per heavy atom. The fraction of sp³-hybridized carbons (Fsp3) is 0.636. The van der Waals surface area contributed by atoms with Crippen LogP contribution in [-0.4, -0.2) is 15.6 Å². The van der Waals surface area contributed by atoms with Gasteiger partial charge in [-0.05, 0) is 19.3 Å². The lowest BCUT2D eigenvalue weighted by Crippen LogP contribution is -2.26. The van der Waals surface area contributed by atoms with Crippen LogP contribution in [0.4, 0.5) is 5.82 Å². The maximum absolute atomic E-state index is 11.6. The first-order valence-corrected chi connectivity index (χ1v) is 5.45. The van der Waals surface area contributed by atoms with Crippen molar-refractivity contribution in [2.75, 3.05) is 5.32 Å². The zero-order valence-corrected chi connectivity index (χ0v) is 9.23. The third-order valence-electron chi connectivity index (χ3n) is 2.78. The van der Waals surface area contributed by atoms with E-state index in [0.717, 1.165) is 12.3 Å². The van der Waals surface area contributed by atoms with Gasteiger partial charge >= 0.3 is 0 Å². The smallest absolute Gasteiger partial charge is 0.293 e. The first-order valence-electron chi connectivity index (χ1n) is 5.45. The van der Waals surface area contributed by atoms with Crippen molar-refractivity contribution >= 4 is 5.82 Å². The summed E-state index contributed by atoms with van der Waals surface area (Å²) in [4.78, 5) is 15.7. The third kappa shape index (κ3) is 2.58. The molecule has 1 aliphatic carbocycles. The number of rotatable bonds is 4. The van der Waals surface area contributed by atoms with Crippen LogP contribution in [-0.2, 0) is 7.05 Å². The van der Waals surface area contributed by atoms with E-state index in [2.05, 4.69) is 17.2 Å². The molecule has 1 N–H and O–H groups in total. The van der Waals surface area contributed by atoms with E-state index in [0.29, 0.717) is 11.9 Å². The van der Waals surface area contributed by atoms with Gasteiger partial charge in [-0.15, -0.1) is 0 Å². The zero-order valence-electron chi connectivity index (χ0n) is 9.23. The molecular weight excluding hydrogens is 190 g/mol. The van der Waals surface area contributed by atoms with Gasteiger partial charge in [0.25, 0.3) is 5.56 Å². The number of nitrogens with zero attached hydrogens (tertiary/aromatic N) is 2. The predicted molar refractivity (Wildman–Crippen MR) is 59.9 cm³/mol. The van der Waals surface area contributed by atoms with Crippen LogP contribution in [0.15, 0.2) is 17.2 Å². The van der Waals surface area contributed by atoms with Crippen LogP contribution in [0.5, 0.6) is 0 Å². The standard InChI is InChI=1S/C11H17N3O/c1-8(7-9-3-4-9)13-10-11(15)14(2)6-5-12-10/h5-6,8-9H,3-4,7H2,1-2H3,(H,12,13). The van der Waals surface area contributed by atoms with E-state index in [1.165, 1.54) is 12.8 Å². The average molecular weight is 207 g/mol. The molecule has 0 aromatic carbocycles. The summed E-state index contributed by atoms with van der Waals surface area (Å²) in [6, 6.07) is 0.333. The van der Waals surface area contributed by atoms with Gasteiger partial charge in [-0.2, -0.15) is 0 Å². The third-order valence-corrected chi connectivity index (χ3v) is 2.78. The van der Waals surface area contributed by atoms with E-state index in [-0.39, 0.29) is 5.56 Å². The molecule has 82 valence electrons. The fourth-order valence-electron chi connectivity index (χ4n) is 1.74. The fourth-order valence-corrected chi connectivity index (χ4v) is 1.74. The van der Waals surface area contributed by atoms with Crippen LogP contribution in [0, 0.1) is 5.92 Å². The van der Waals surface area contributed by atoms with Gasteiger partial charge in [0.05, 0.1) is 0 Å². The number of hydrogen-bond acceptors (Lipinski definition) is 3. The highest BCUT2D eigenvalue weighted by Crippen LogP contribution is 2.33. The molecule has 0 saturated heterocycles. The number of aromatic nitrogens is 2. The lowest BCUT2D eigenvalue weighted by molar-refractivity contribution is 0.637. The summed E-state index contributed by atoms with van der Waals surface area (Å²) in [6.07, 6.45) is 7.13. The Hall–Kier alpha value is -1.32. The van der Waals surface area contributed by atoms with E-state index in [4.69, 9.17) is 0 Å². The van der Waals surface area contributed by atoms with Crippen LogP contribution in [0.25, 0.3) is 0 Å². The topological polar surface area (TPSA) is 46.9 Å². The number of anilines is 1. The van der Waals surface area contributed by atoms with Gasteiger partial charge in [0.1, 0.15) is 0 Å². The molecule has 1 unspecified atom stereocenters. The van der Waals surface area contributed by atoms with E-state index < -0.39 is 0 Å². The van der Waals surface area contributed by atoms with Crippen LogP contribution in [0.3, 0.4) is 0 Å². The zero-order chi connectivity index (χ0) is 10.8. The molecule has 4 nitrogen and oxygen atoms in total. The Bertz CT molecular complexity index is 395. The molecule has 2 rings (SSSR count). The average Bonchev–Trinajstić information content (AvgIpc) is 2.97. The predicted octanol–water partition coefficient (Wildman–Crippen LogP) is 1.38. The molecule has 1 heterocycles. The molecule has 1 aromatic rings. The first-order chi connectivity index (χ1) is 7.16. The van der Waals surface area contributed by atoms with Crippen molar-refractivity contribution in [3.63, 3.8) is 0 Å². The molecule has 0 radical (unpaired) electrons. The van der Waals surface area contributed by atoms with Crippen molar-refractivity contribution in [3.8, 4) is 0 Å². The summed E-state index contributed by atoms with van der Waals surface area (Å²) in [6.45, 7) is 2.10. The summed E-state index contributed by atoms with van der Waals surface area (Å²) >= 11 is 0. The van der Waals surface area contributed by atoms with Crippen molar-refractivity contribution in [1.82, 2.24) is 9.55 Å². The highest BCUT2D eigenvalue weighted by atomic mass is 16.1. The number of hydrogen-bond donors (Lipinski definition) is 1. The van der Waals surface area contributed by atoms with E-state index >= 15 is 0 Å². The van der Waals surface area contributed by atoms with Crippen molar-refractivity contribution in [2.24, 2.45) is 13.0 Å². The highest BCUT2D eigenvalue weighted by Gasteiger charge is 2.23. The van der Waals surface area contributed by atoms with E-state index in [9.17, 15) is 4.79 Å². The second kappa shape index (κ2) is 4.04. The number of aryl methyl sites for hydroxylation is 1. The van der Waals surface area contributed by atoms with Gasteiger partial charge in [-0.1, -0.05) is 12.8 Å². The van der Waals surface area contributed by atoms with Gasteiger partial charge in [-0.25, -0.2) is 4.98 Å². The van der Waals surface area contributed by atoms with Gasteiger partial charge in [0.2, 0.25) is 0 Å². The van der Waals surface area contributed by atoms with Crippen molar-refractivity contribution < 1.29 is 0 Å². The molecule has 0 aliphatic heterocycles. The first kappa shape index (κ1) is 10.2. The van der Waals surface area contributed by atoms with Gasteiger partial charge < -0.3 is 9.88 Å². The molecule has 0 spiro atoms. The van der Waals surface area contributed by atoms with Crippen LogP contribution in [0.1, 0.15) is 26.2 Å². The molecule has 0 amide bonds. The quantitative estimate of drug-likeness (QED) is 0.811. The molecule has 1 saturated carbocycles. The molecule has 1 fully saturated rings. The normalized spacial score (nSPS) is 17.5. The Morgan fingerprint density at radius 1 is 1.67 bits per heavy atom. The minimum Gasteiger partial charge on any atom is -0.363 e. The maximum atomic E-state index is 11.6. The molecule has 1 aliphatic rings. The highest BCUT2D eigenvalue weighted by molar-refractivity contribution is 5.31. The summed E-state index contributed by atoms with van der Waals surface area (Å²) in [5.41, 5.74) is -0.0554. The lowest BCUT2D eigenvalue weighted by atomic mass is 10.1. The Labute approximate surface area is 89.3 Å². The van der Waals surface area contributed by atoms with Crippen LogP contribution in [0.2, 0.25) is 0 Å². The summed E-state index contributed by atoms with van der Waals surface area (Å²) in [7, 11) is 1.74. The Kier molecular flexibility index (Phi) is 2.75. The summed E-state index contributed by atoms with van der Waals surface area (Å²) in [5, 5.41) is 3.18. The molecule has 0 bridgehead atoms. The molecular formula is C11H17N3O. The second-order valence-corrected chi connectivity index (χ2v) is 4.42. The SMILES string of the molecule is CC(CC1CC1)Nc1nccn(C)c1=O. The van der Waals surface area contributed by atoms with Gasteiger partial charge in [0, 0.05) is 25.5 Å². The largest absolute Gasteiger partial charge is 0.363 e. The molecule has 1 aromatic heterocycles. The van der Waals surface area contributed by atoms with Crippen molar-refractivity contribution in [3.05, 3.63) is 22.7 Å². The molecule has 4 heteroatoms. The minimum atomic E-state index is -0.0554. The lowest BCUT2D eigenvalue weighted by Gasteiger charge is -2.13. The minimum absolute atomic E-state index is 0.0554. The summed E-state index contributed by atoms with van der Waals surface area (Å²) < 4.78 is 1.54. The van der Waals surface area contributed by atoms with E-state index in [1.807, 2.05) is 0 Å². The van der Waals surface area contributed by atoms with Crippen LogP contribution < -0.4 is 10.9 Å². The van der Waals surface area contributed by atoms with E-state index in [1.54, 1.807) is 24.0 Å². The maximum Gasteiger partial charge on any atom is 0.293 e. The van der Waals surface area contributed by atoms with Gasteiger partial charge in [0.15, 0.2) is 5.82 Å². The molecule has 15 heavy (non-hydrogen) atoms. The van der Waals surface area contributed by atoms with Crippen LogP contribution >= 0.6 is 0 Å². The number of nitrogens with one attached hydrogen (secondary N) is 1. The van der Waals surface area contributed by atoms with Crippen molar-refractivity contribution in [1.29, 1.82) is 0 Å². The summed E-state index contributed by atoms with van der Waals surface area (Å²) in [5.74, 6) is 1.33. The monoisotopic (exact) mass is 207 g/mol. The second-order valence-electron chi connectivity index (χ2n) is 4.42. The van der Waals surface area contributed by atoms with Gasteiger partial charge in [-0.3, -0.25) is 4.79 Å². The Morgan fingerprint density at radius 2 is 2.40 bits per heavy atom. The Balaban J connectivity index is 2.02.